The molecular formula is C22H22O4. The van der Waals surface area contributed by atoms with Gasteiger partial charge in [0.25, 0.3) is 0 Å². The number of phenols is 2. The van der Waals surface area contributed by atoms with Gasteiger partial charge in [-0.15, -0.1) is 0 Å². The van der Waals surface area contributed by atoms with Crippen LogP contribution in [0, 0.1) is 16.7 Å². The van der Waals surface area contributed by atoms with Gasteiger partial charge >= 0.3 is 0 Å². The molecule has 0 saturated heterocycles. The molecule has 0 spiro atoms. The molecule has 1 aromatic rings. The van der Waals surface area contributed by atoms with Crippen LogP contribution in [-0.2, 0) is 9.59 Å². The maximum absolute atomic E-state index is 13.3. The summed E-state index contributed by atoms with van der Waals surface area (Å²) in [5.41, 5.74) is 0.606. The van der Waals surface area contributed by atoms with Crippen LogP contribution >= 0.6 is 0 Å². The molecule has 4 atom stereocenters. The third kappa shape index (κ3) is 1.79. The predicted molar refractivity (Wildman–Crippen MR) is 97.8 cm³/mol. The first kappa shape index (κ1) is 16.8. The summed E-state index contributed by atoms with van der Waals surface area (Å²) in [6.07, 6.45) is 5.91. The lowest BCUT2D eigenvalue weighted by atomic mass is 9.32. The molecule has 4 unspecified atom stereocenters. The van der Waals surface area contributed by atoms with E-state index in [0.29, 0.717) is 18.4 Å². The van der Waals surface area contributed by atoms with Crippen LogP contribution in [0.1, 0.15) is 38.2 Å². The summed E-state index contributed by atoms with van der Waals surface area (Å²) in [4.78, 5) is 26.3. The summed E-state index contributed by atoms with van der Waals surface area (Å²) in [5.74, 6) is -0.698. The first-order valence-corrected chi connectivity index (χ1v) is 8.85. The van der Waals surface area contributed by atoms with Crippen molar-refractivity contribution in [3.63, 3.8) is 0 Å². The molecule has 1 aromatic carbocycles. The molecule has 0 bridgehead atoms. The second kappa shape index (κ2) is 5.19. The molecule has 0 heterocycles. The van der Waals surface area contributed by atoms with Gasteiger partial charge in [-0.1, -0.05) is 23.8 Å². The number of hydrogen-bond acceptors (Lipinski definition) is 4. The fraction of sp³-hybridized carbons (Fsp3) is 0.364. The number of carbonyl (C=O) groups excluding carboxylic acids is 2. The number of phenolic OH excluding ortho intramolecular Hbond substituents is 2. The lowest BCUT2D eigenvalue weighted by Gasteiger charge is -2.68. The van der Waals surface area contributed by atoms with Gasteiger partial charge in [-0.3, -0.25) is 9.59 Å². The molecule has 4 rings (SSSR count). The summed E-state index contributed by atoms with van der Waals surface area (Å²) < 4.78 is 0. The fourth-order valence-corrected chi connectivity index (χ4v) is 5.65. The number of benzene rings is 1. The zero-order chi connectivity index (χ0) is 18.9. The minimum Gasteiger partial charge on any atom is -0.508 e. The van der Waals surface area contributed by atoms with Crippen molar-refractivity contribution < 1.29 is 19.8 Å². The Morgan fingerprint density at radius 1 is 1.19 bits per heavy atom. The van der Waals surface area contributed by atoms with Gasteiger partial charge in [0.05, 0.1) is 10.8 Å². The monoisotopic (exact) mass is 350 g/mol. The number of hydrogen-bond donors (Lipinski definition) is 2. The van der Waals surface area contributed by atoms with Crippen molar-refractivity contribution in [2.24, 2.45) is 16.7 Å². The summed E-state index contributed by atoms with van der Waals surface area (Å²) in [6.45, 7) is 7.92. The largest absolute Gasteiger partial charge is 0.508 e. The third-order valence-electron chi connectivity index (χ3n) is 6.62. The molecule has 0 radical (unpaired) electrons. The van der Waals surface area contributed by atoms with E-state index in [1.165, 1.54) is 30.4 Å². The van der Waals surface area contributed by atoms with Gasteiger partial charge in [0.15, 0.2) is 11.6 Å². The van der Waals surface area contributed by atoms with Crippen LogP contribution in [0.3, 0.4) is 0 Å². The van der Waals surface area contributed by atoms with E-state index in [1.54, 1.807) is 0 Å². The minimum atomic E-state index is -0.977. The first-order chi connectivity index (χ1) is 12.2. The number of aromatic hydroxyl groups is 2. The first-order valence-electron chi connectivity index (χ1n) is 8.85. The van der Waals surface area contributed by atoms with E-state index in [2.05, 4.69) is 6.58 Å². The molecule has 3 aliphatic rings. The highest BCUT2D eigenvalue weighted by Gasteiger charge is 2.75. The number of carbonyl (C=O) groups is 2. The van der Waals surface area contributed by atoms with Crippen molar-refractivity contribution in [3.8, 4) is 11.5 Å². The van der Waals surface area contributed by atoms with E-state index in [-0.39, 0.29) is 29.0 Å². The Hall–Kier alpha value is -2.62. The SMILES string of the molecule is C=C(C)C1CC23CC(C)=CC(c4cc(O)ccc4O)C12C(=O)C=CC3=O. The van der Waals surface area contributed by atoms with Gasteiger partial charge in [0.2, 0.25) is 0 Å². The van der Waals surface area contributed by atoms with Crippen LogP contribution in [-0.4, -0.2) is 21.8 Å². The standard InChI is InChI=1S/C22H22O4/c1-12(2)17-11-21-10-13(3)8-16(15-9-14(23)4-5-18(15)24)22(17,21)20(26)7-6-19(21)25/h4-9,16-17,23-24H,1,10-11H2,2-3H3. The molecule has 1 saturated carbocycles. The summed E-state index contributed by atoms with van der Waals surface area (Å²) in [5, 5.41) is 20.5. The number of allylic oxidation sites excluding steroid dienone is 5. The molecule has 3 aliphatic carbocycles. The summed E-state index contributed by atoms with van der Waals surface area (Å²) >= 11 is 0. The van der Waals surface area contributed by atoms with E-state index in [4.69, 9.17) is 0 Å². The molecule has 4 heteroatoms. The fourth-order valence-electron chi connectivity index (χ4n) is 5.65. The van der Waals surface area contributed by atoms with Crippen molar-refractivity contribution in [3.05, 3.63) is 59.7 Å². The molecular weight excluding hydrogens is 328 g/mol. The normalized spacial score (nSPS) is 35.2. The Kier molecular flexibility index (Phi) is 3.36. The lowest BCUT2D eigenvalue weighted by molar-refractivity contribution is -0.180. The van der Waals surface area contributed by atoms with Crippen LogP contribution in [0.25, 0.3) is 0 Å². The van der Waals surface area contributed by atoms with Crippen LogP contribution in [0.15, 0.2) is 54.2 Å². The Bertz CT molecular complexity index is 922. The zero-order valence-electron chi connectivity index (χ0n) is 15.0. The maximum Gasteiger partial charge on any atom is 0.164 e. The Labute approximate surface area is 152 Å². The Morgan fingerprint density at radius 2 is 1.88 bits per heavy atom. The van der Waals surface area contributed by atoms with Crippen molar-refractivity contribution in [2.75, 3.05) is 0 Å². The number of rotatable bonds is 2. The van der Waals surface area contributed by atoms with Crippen LogP contribution in [0.5, 0.6) is 11.5 Å². The highest BCUT2D eigenvalue weighted by Crippen LogP contribution is 2.75. The van der Waals surface area contributed by atoms with Gasteiger partial charge in [-0.05, 0) is 63.0 Å². The molecule has 4 nitrogen and oxygen atoms in total. The van der Waals surface area contributed by atoms with Gasteiger partial charge in [-0.25, -0.2) is 0 Å². The molecule has 26 heavy (non-hydrogen) atoms. The van der Waals surface area contributed by atoms with Crippen LogP contribution < -0.4 is 0 Å². The predicted octanol–water partition coefficient (Wildman–Crippen LogP) is 3.81. The maximum atomic E-state index is 13.3. The van der Waals surface area contributed by atoms with E-state index in [1.807, 2.05) is 19.9 Å². The van der Waals surface area contributed by atoms with Crippen LogP contribution in [0.4, 0.5) is 0 Å². The summed E-state index contributed by atoms with van der Waals surface area (Å²) in [6, 6.07) is 4.34. The Balaban J connectivity index is 2.04. The van der Waals surface area contributed by atoms with E-state index in [0.717, 1.165) is 11.1 Å². The van der Waals surface area contributed by atoms with E-state index < -0.39 is 16.7 Å². The van der Waals surface area contributed by atoms with Crippen molar-refractivity contribution in [1.29, 1.82) is 0 Å². The molecule has 0 aliphatic heterocycles. The smallest absolute Gasteiger partial charge is 0.164 e. The van der Waals surface area contributed by atoms with Gasteiger partial charge in [-0.2, -0.15) is 0 Å². The molecule has 1 fully saturated rings. The highest BCUT2D eigenvalue weighted by molar-refractivity contribution is 6.14. The van der Waals surface area contributed by atoms with Crippen LogP contribution in [0.2, 0.25) is 0 Å². The van der Waals surface area contributed by atoms with Gasteiger partial charge in [0.1, 0.15) is 11.5 Å². The topological polar surface area (TPSA) is 74.6 Å². The molecule has 134 valence electrons. The number of ketones is 2. The van der Waals surface area contributed by atoms with E-state index >= 15 is 0 Å². The Morgan fingerprint density at radius 3 is 2.58 bits per heavy atom. The molecule has 2 N–H and O–H groups in total. The van der Waals surface area contributed by atoms with Crippen molar-refractivity contribution in [2.45, 2.75) is 32.6 Å². The zero-order valence-corrected chi connectivity index (χ0v) is 15.0. The lowest BCUT2D eigenvalue weighted by Crippen LogP contribution is -2.70. The molecule has 0 aromatic heterocycles. The average Bonchev–Trinajstić information content (AvgIpc) is 2.55. The average molecular weight is 350 g/mol. The highest BCUT2D eigenvalue weighted by atomic mass is 16.3. The quantitative estimate of drug-likeness (QED) is 0.628. The minimum absolute atomic E-state index is 0.0178. The molecule has 0 amide bonds. The van der Waals surface area contributed by atoms with Gasteiger partial charge < -0.3 is 10.2 Å². The third-order valence-corrected chi connectivity index (χ3v) is 6.62. The second-order valence-corrected chi connectivity index (χ2v) is 8.03. The van der Waals surface area contributed by atoms with Crippen molar-refractivity contribution in [1.82, 2.24) is 0 Å². The van der Waals surface area contributed by atoms with Gasteiger partial charge in [0, 0.05) is 11.5 Å². The van der Waals surface area contributed by atoms with Crippen molar-refractivity contribution >= 4 is 11.6 Å². The summed E-state index contributed by atoms with van der Waals surface area (Å²) in [7, 11) is 0. The second-order valence-electron chi connectivity index (χ2n) is 8.03. The van der Waals surface area contributed by atoms with E-state index in [9.17, 15) is 19.8 Å².